The van der Waals surface area contributed by atoms with Crippen molar-refractivity contribution in [2.24, 2.45) is 0 Å². The van der Waals surface area contributed by atoms with Crippen LogP contribution >= 0.6 is 22.6 Å². The summed E-state index contributed by atoms with van der Waals surface area (Å²) in [5, 5.41) is 2.97. The van der Waals surface area contributed by atoms with Crippen molar-refractivity contribution >= 4 is 40.0 Å². The average molecular weight is 542 g/mol. The number of nitrogens with one attached hydrogen (secondary N) is 1. The van der Waals surface area contributed by atoms with Gasteiger partial charge in [0.2, 0.25) is 0 Å². The zero-order valence-corrected chi connectivity index (χ0v) is 19.0. The van der Waals surface area contributed by atoms with Gasteiger partial charge in [0.1, 0.15) is 0 Å². The summed E-state index contributed by atoms with van der Waals surface area (Å²) >= 11 is 2.23. The second-order valence-corrected chi connectivity index (χ2v) is 9.23. The monoisotopic (exact) mass is 542 g/mol. The van der Waals surface area contributed by atoms with E-state index in [2.05, 4.69) is 27.9 Å². The fourth-order valence-electron chi connectivity index (χ4n) is 4.72. The second-order valence-electron chi connectivity index (χ2n) is 8.06. The Morgan fingerprint density at radius 2 is 1.90 bits per heavy atom. The molecule has 31 heavy (non-hydrogen) atoms. The highest BCUT2D eigenvalue weighted by Crippen LogP contribution is 2.46. The molecule has 2 aliphatic rings. The Kier molecular flexibility index (Phi) is 6.13. The van der Waals surface area contributed by atoms with Crippen LogP contribution in [0.25, 0.3) is 0 Å². The van der Waals surface area contributed by atoms with Crippen molar-refractivity contribution in [3.05, 3.63) is 62.7 Å². The number of ketones is 1. The van der Waals surface area contributed by atoms with Gasteiger partial charge in [0.25, 0.3) is 11.7 Å². The van der Waals surface area contributed by atoms with Crippen LogP contribution < -0.4 is 10.2 Å². The van der Waals surface area contributed by atoms with Gasteiger partial charge < -0.3 is 10.2 Å². The third-order valence-corrected chi connectivity index (χ3v) is 7.12. The molecule has 1 heterocycles. The molecule has 2 aromatic rings. The Morgan fingerprint density at radius 1 is 1.19 bits per heavy atom. The van der Waals surface area contributed by atoms with E-state index in [0.29, 0.717) is 24.9 Å². The van der Waals surface area contributed by atoms with Gasteiger partial charge in [-0.1, -0.05) is 25.1 Å². The summed E-state index contributed by atoms with van der Waals surface area (Å²) in [6.07, 6.45) is -3.66. The van der Waals surface area contributed by atoms with Gasteiger partial charge in [0.15, 0.2) is 0 Å². The van der Waals surface area contributed by atoms with Gasteiger partial charge in [-0.3, -0.25) is 9.59 Å². The molecule has 1 amide bonds. The van der Waals surface area contributed by atoms with E-state index in [1.165, 1.54) is 0 Å². The molecule has 4 rings (SSSR count). The normalized spacial score (nSPS) is 21.0. The predicted molar refractivity (Wildman–Crippen MR) is 120 cm³/mol. The first-order chi connectivity index (χ1) is 14.7. The number of benzene rings is 2. The maximum atomic E-state index is 13.1. The van der Waals surface area contributed by atoms with Gasteiger partial charge in [-0.2, -0.15) is 13.2 Å². The number of hydrogen-bond acceptors (Lipinski definition) is 3. The minimum Gasteiger partial charge on any atom is -0.307 e. The van der Waals surface area contributed by atoms with Crippen molar-refractivity contribution < 1.29 is 22.8 Å². The number of amides is 1. The van der Waals surface area contributed by atoms with E-state index in [1.54, 1.807) is 24.0 Å². The zero-order chi connectivity index (χ0) is 22.3. The standard InChI is InChI=1S/C23H22F3IN2O2/c1-2-18(21(30)23(24,25)26)28-15-10-14-12-29(22(31)13-6-4-3-5-7-13)19-9-8-17(27)16(11-15)20(14)19/h3-9,14-15,18,28H,2,10-12H2,1H3. The number of alkyl halides is 3. The van der Waals surface area contributed by atoms with E-state index in [0.717, 1.165) is 20.4 Å². The first-order valence-electron chi connectivity index (χ1n) is 10.3. The Bertz CT molecular complexity index is 1010. The molecular formula is C23H22F3IN2O2. The average Bonchev–Trinajstić information content (AvgIpc) is 3.12. The minimum absolute atomic E-state index is 0.0251. The van der Waals surface area contributed by atoms with Crippen molar-refractivity contribution in [1.29, 1.82) is 0 Å². The number of carbonyl (C=O) groups excluding carboxylic acids is 2. The quantitative estimate of drug-likeness (QED) is 0.550. The van der Waals surface area contributed by atoms with Gasteiger partial charge in [0.05, 0.1) is 6.04 Å². The summed E-state index contributed by atoms with van der Waals surface area (Å²) in [4.78, 5) is 26.7. The number of Topliss-reactive ketones (excluding diaryl/α,β-unsaturated/α-hetero) is 1. The molecule has 0 radical (unpaired) electrons. The van der Waals surface area contributed by atoms with E-state index in [9.17, 15) is 22.8 Å². The number of halogens is 4. The fraction of sp³-hybridized carbons (Fsp3) is 0.391. The van der Waals surface area contributed by atoms with Crippen molar-refractivity contribution in [3.63, 3.8) is 0 Å². The summed E-state index contributed by atoms with van der Waals surface area (Å²) in [6, 6.07) is 11.4. The Labute approximate surface area is 192 Å². The van der Waals surface area contributed by atoms with E-state index in [-0.39, 0.29) is 24.3 Å². The summed E-state index contributed by atoms with van der Waals surface area (Å²) in [7, 11) is 0. The lowest BCUT2D eigenvalue weighted by Gasteiger charge is -2.32. The smallest absolute Gasteiger partial charge is 0.307 e. The molecule has 8 heteroatoms. The highest BCUT2D eigenvalue weighted by molar-refractivity contribution is 14.1. The highest BCUT2D eigenvalue weighted by Gasteiger charge is 2.45. The lowest BCUT2D eigenvalue weighted by molar-refractivity contribution is -0.173. The van der Waals surface area contributed by atoms with Crippen LogP contribution in [0.3, 0.4) is 0 Å². The lowest BCUT2D eigenvalue weighted by Crippen LogP contribution is -2.50. The molecule has 3 unspecified atom stereocenters. The summed E-state index contributed by atoms with van der Waals surface area (Å²) in [6.45, 7) is 2.06. The number of hydrogen-bond donors (Lipinski definition) is 1. The first-order valence-corrected chi connectivity index (χ1v) is 11.3. The molecule has 4 nitrogen and oxygen atoms in total. The first kappa shape index (κ1) is 22.3. The third kappa shape index (κ3) is 4.24. The maximum Gasteiger partial charge on any atom is 0.451 e. The molecule has 2 aromatic carbocycles. The molecule has 1 aliphatic heterocycles. The fourth-order valence-corrected chi connectivity index (χ4v) is 5.41. The van der Waals surface area contributed by atoms with Crippen LogP contribution in [0, 0.1) is 3.57 Å². The maximum absolute atomic E-state index is 13.1. The van der Waals surface area contributed by atoms with E-state index >= 15 is 0 Å². The van der Waals surface area contributed by atoms with Crippen molar-refractivity contribution in [3.8, 4) is 0 Å². The van der Waals surface area contributed by atoms with Crippen molar-refractivity contribution in [2.75, 3.05) is 11.4 Å². The van der Waals surface area contributed by atoms with Crippen molar-refractivity contribution in [2.45, 2.75) is 50.4 Å². The van der Waals surface area contributed by atoms with E-state index in [4.69, 9.17) is 0 Å². The molecule has 3 atom stereocenters. The van der Waals surface area contributed by atoms with E-state index < -0.39 is 18.0 Å². The molecule has 0 bridgehead atoms. The molecule has 0 saturated carbocycles. The van der Waals surface area contributed by atoms with Crippen LogP contribution in [0.2, 0.25) is 0 Å². The third-order valence-electron chi connectivity index (χ3n) is 6.11. The molecule has 0 saturated heterocycles. The summed E-state index contributed by atoms with van der Waals surface area (Å²) < 4.78 is 39.9. The number of rotatable bonds is 5. The topological polar surface area (TPSA) is 49.4 Å². The van der Waals surface area contributed by atoms with Crippen LogP contribution in [0.4, 0.5) is 18.9 Å². The van der Waals surface area contributed by atoms with Gasteiger partial charge in [-0.05, 0) is 77.2 Å². The Balaban J connectivity index is 1.60. The summed E-state index contributed by atoms with van der Waals surface area (Å²) in [5.74, 6) is -1.78. The van der Waals surface area contributed by atoms with Crippen LogP contribution in [-0.2, 0) is 11.2 Å². The Morgan fingerprint density at radius 3 is 2.55 bits per heavy atom. The molecule has 1 N–H and O–H groups in total. The molecule has 0 aromatic heterocycles. The van der Waals surface area contributed by atoms with Gasteiger partial charge in [-0.25, -0.2) is 0 Å². The Hall–Kier alpha value is -1.94. The van der Waals surface area contributed by atoms with Crippen LogP contribution in [0.5, 0.6) is 0 Å². The molecule has 0 fully saturated rings. The van der Waals surface area contributed by atoms with Gasteiger partial charge >= 0.3 is 6.18 Å². The number of carbonyl (C=O) groups is 2. The number of anilines is 1. The second kappa shape index (κ2) is 8.54. The SMILES string of the molecule is CCC(NC1Cc2c(I)ccc3c2C(C1)CN3C(=O)c1ccccc1)C(=O)C(F)(F)F. The van der Waals surface area contributed by atoms with Crippen LogP contribution in [0.15, 0.2) is 42.5 Å². The molecule has 1 aliphatic carbocycles. The van der Waals surface area contributed by atoms with Crippen LogP contribution in [-0.4, -0.2) is 36.5 Å². The van der Waals surface area contributed by atoms with Gasteiger partial charge in [-0.15, -0.1) is 0 Å². The van der Waals surface area contributed by atoms with Gasteiger partial charge in [0, 0.05) is 33.3 Å². The van der Waals surface area contributed by atoms with Crippen LogP contribution in [0.1, 0.15) is 47.2 Å². The predicted octanol–water partition coefficient (Wildman–Crippen LogP) is 4.85. The zero-order valence-electron chi connectivity index (χ0n) is 16.9. The largest absolute Gasteiger partial charge is 0.451 e. The highest BCUT2D eigenvalue weighted by atomic mass is 127. The molecular weight excluding hydrogens is 520 g/mol. The van der Waals surface area contributed by atoms with Crippen molar-refractivity contribution in [1.82, 2.24) is 5.32 Å². The lowest BCUT2D eigenvalue weighted by atomic mass is 9.81. The summed E-state index contributed by atoms with van der Waals surface area (Å²) in [5.41, 5.74) is 3.66. The number of nitrogens with zero attached hydrogens (tertiary/aromatic N) is 1. The molecule has 164 valence electrons. The van der Waals surface area contributed by atoms with E-state index in [1.807, 2.05) is 30.3 Å². The minimum atomic E-state index is -4.85. The molecule has 0 spiro atoms.